The second kappa shape index (κ2) is 6.84. The Morgan fingerprint density at radius 1 is 1.35 bits per heavy atom. The lowest BCUT2D eigenvalue weighted by Crippen LogP contribution is -2.33. The number of hydrogen-bond acceptors (Lipinski definition) is 3. The van der Waals surface area contributed by atoms with Crippen molar-refractivity contribution in [2.24, 2.45) is 5.73 Å². The molecule has 0 amide bonds. The van der Waals surface area contributed by atoms with Crippen molar-refractivity contribution in [1.82, 2.24) is 4.90 Å². The molecule has 96 valence electrons. The summed E-state index contributed by atoms with van der Waals surface area (Å²) >= 11 is 6.14. The molecule has 0 aromatic heterocycles. The van der Waals surface area contributed by atoms with Crippen molar-refractivity contribution in [3.63, 3.8) is 0 Å². The van der Waals surface area contributed by atoms with E-state index in [0.29, 0.717) is 17.3 Å². The average Bonchev–Trinajstić information content (AvgIpc) is 2.35. The summed E-state index contributed by atoms with van der Waals surface area (Å²) in [6, 6.07) is 6.08. The van der Waals surface area contributed by atoms with Crippen LogP contribution in [0.2, 0.25) is 5.02 Å². The van der Waals surface area contributed by atoms with E-state index in [0.717, 1.165) is 18.7 Å². The number of hydrogen-bond donors (Lipinski definition) is 1. The molecule has 1 aromatic carbocycles. The maximum Gasteiger partial charge on any atom is 0.137 e. The third kappa shape index (κ3) is 3.35. The molecule has 3 nitrogen and oxygen atoms in total. The number of nitrogens with zero attached hydrogens (tertiary/aromatic N) is 1. The van der Waals surface area contributed by atoms with Gasteiger partial charge < -0.3 is 10.5 Å². The van der Waals surface area contributed by atoms with Gasteiger partial charge in [-0.15, -0.1) is 0 Å². The lowest BCUT2D eigenvalue weighted by Gasteiger charge is -2.29. The van der Waals surface area contributed by atoms with Gasteiger partial charge in [-0.25, -0.2) is 0 Å². The van der Waals surface area contributed by atoms with Gasteiger partial charge in [0.1, 0.15) is 5.75 Å². The van der Waals surface area contributed by atoms with Gasteiger partial charge in [0.2, 0.25) is 0 Å². The average molecular weight is 257 g/mol. The number of ether oxygens (including phenoxy) is 1. The van der Waals surface area contributed by atoms with Crippen LogP contribution in [-0.4, -0.2) is 31.6 Å². The van der Waals surface area contributed by atoms with Crippen LogP contribution in [0.1, 0.15) is 25.5 Å². The molecule has 1 atom stereocenters. The molecule has 0 bridgehead atoms. The summed E-state index contributed by atoms with van der Waals surface area (Å²) in [5.41, 5.74) is 7.00. The third-order valence-corrected chi connectivity index (χ3v) is 3.33. The number of likely N-dealkylation sites (N-methyl/N-ethyl adjacent to an activating group) is 1. The molecule has 1 aromatic rings. The van der Waals surface area contributed by atoms with Gasteiger partial charge in [-0.3, -0.25) is 4.90 Å². The topological polar surface area (TPSA) is 38.5 Å². The fraction of sp³-hybridized carbons (Fsp3) is 0.538. The molecule has 0 saturated heterocycles. The highest BCUT2D eigenvalue weighted by Crippen LogP contribution is 2.29. The standard InChI is InChI=1S/C13H21ClN2O/c1-4-16(5-2)12(9-15)10-6-7-13(17-3)11(14)8-10/h6-8,12H,4-5,9,15H2,1-3H3. The van der Waals surface area contributed by atoms with Crippen molar-refractivity contribution in [3.8, 4) is 5.75 Å². The Morgan fingerprint density at radius 2 is 2.00 bits per heavy atom. The Balaban J connectivity index is 3.00. The second-order valence-electron chi connectivity index (χ2n) is 3.87. The van der Waals surface area contributed by atoms with Gasteiger partial charge in [0.05, 0.1) is 12.1 Å². The second-order valence-corrected chi connectivity index (χ2v) is 4.27. The van der Waals surface area contributed by atoms with E-state index < -0.39 is 0 Å². The summed E-state index contributed by atoms with van der Waals surface area (Å²) in [5.74, 6) is 0.700. The van der Waals surface area contributed by atoms with Crippen LogP contribution >= 0.6 is 11.6 Å². The maximum atomic E-state index is 6.14. The van der Waals surface area contributed by atoms with Gasteiger partial charge in [-0.1, -0.05) is 31.5 Å². The summed E-state index contributed by atoms with van der Waals surface area (Å²) in [6.07, 6.45) is 0. The SMILES string of the molecule is CCN(CC)C(CN)c1ccc(OC)c(Cl)c1. The van der Waals surface area contributed by atoms with Crippen LogP contribution in [0, 0.1) is 0 Å². The van der Waals surface area contributed by atoms with E-state index in [4.69, 9.17) is 22.1 Å². The molecule has 1 rings (SSSR count). The van der Waals surface area contributed by atoms with Crippen molar-refractivity contribution >= 4 is 11.6 Å². The quantitative estimate of drug-likeness (QED) is 0.851. The molecule has 0 aliphatic carbocycles. The van der Waals surface area contributed by atoms with Crippen molar-refractivity contribution in [2.45, 2.75) is 19.9 Å². The van der Waals surface area contributed by atoms with E-state index in [1.165, 1.54) is 0 Å². The Morgan fingerprint density at radius 3 is 2.41 bits per heavy atom. The van der Waals surface area contributed by atoms with Crippen LogP contribution in [0.3, 0.4) is 0 Å². The molecule has 0 radical (unpaired) electrons. The molecule has 17 heavy (non-hydrogen) atoms. The summed E-state index contributed by atoms with van der Waals surface area (Å²) < 4.78 is 5.15. The molecule has 0 fully saturated rings. The lowest BCUT2D eigenvalue weighted by molar-refractivity contribution is 0.224. The lowest BCUT2D eigenvalue weighted by atomic mass is 10.1. The van der Waals surface area contributed by atoms with Gasteiger partial charge in [-0.05, 0) is 30.8 Å². The third-order valence-electron chi connectivity index (χ3n) is 3.04. The molecule has 2 N–H and O–H groups in total. The first-order chi connectivity index (χ1) is 8.17. The van der Waals surface area contributed by atoms with E-state index in [2.05, 4.69) is 18.7 Å². The van der Waals surface area contributed by atoms with E-state index in [1.54, 1.807) is 7.11 Å². The van der Waals surface area contributed by atoms with E-state index in [9.17, 15) is 0 Å². The van der Waals surface area contributed by atoms with Crippen LogP contribution in [0.25, 0.3) is 0 Å². The van der Waals surface area contributed by atoms with E-state index >= 15 is 0 Å². The highest BCUT2D eigenvalue weighted by molar-refractivity contribution is 6.32. The van der Waals surface area contributed by atoms with Crippen LogP contribution < -0.4 is 10.5 Å². The van der Waals surface area contributed by atoms with Crippen molar-refractivity contribution in [1.29, 1.82) is 0 Å². The van der Waals surface area contributed by atoms with Crippen molar-refractivity contribution in [2.75, 3.05) is 26.7 Å². The monoisotopic (exact) mass is 256 g/mol. The van der Waals surface area contributed by atoms with Crippen LogP contribution in [0.15, 0.2) is 18.2 Å². The molecule has 0 saturated carbocycles. The fourth-order valence-electron chi connectivity index (χ4n) is 2.05. The van der Waals surface area contributed by atoms with Gasteiger partial charge in [0, 0.05) is 12.6 Å². The minimum Gasteiger partial charge on any atom is -0.495 e. The molecular formula is C13H21ClN2O. The Bertz CT molecular complexity index is 353. The predicted octanol–water partition coefficient (Wildman–Crippen LogP) is 2.69. The molecule has 1 unspecified atom stereocenters. The van der Waals surface area contributed by atoms with Crippen LogP contribution in [0.4, 0.5) is 0 Å². The number of halogens is 1. The largest absolute Gasteiger partial charge is 0.495 e. The number of methoxy groups -OCH3 is 1. The number of nitrogens with two attached hydrogens (primary N) is 1. The zero-order valence-electron chi connectivity index (χ0n) is 10.7. The number of rotatable bonds is 6. The Kier molecular flexibility index (Phi) is 5.75. The van der Waals surface area contributed by atoms with Crippen molar-refractivity contribution < 1.29 is 4.74 Å². The summed E-state index contributed by atoms with van der Waals surface area (Å²) in [5, 5.41) is 0.635. The smallest absolute Gasteiger partial charge is 0.137 e. The Labute approximate surface area is 109 Å². The first-order valence-corrected chi connectivity index (χ1v) is 6.33. The Hall–Kier alpha value is -0.770. The zero-order valence-corrected chi connectivity index (χ0v) is 11.5. The summed E-state index contributed by atoms with van der Waals surface area (Å²) in [6.45, 7) is 6.81. The van der Waals surface area contributed by atoms with Crippen LogP contribution in [-0.2, 0) is 0 Å². The molecule has 4 heteroatoms. The predicted molar refractivity (Wildman–Crippen MR) is 72.7 cm³/mol. The van der Waals surface area contributed by atoms with Crippen molar-refractivity contribution in [3.05, 3.63) is 28.8 Å². The molecular weight excluding hydrogens is 236 g/mol. The molecule has 0 spiro atoms. The highest BCUT2D eigenvalue weighted by atomic mass is 35.5. The fourth-order valence-corrected chi connectivity index (χ4v) is 2.32. The summed E-state index contributed by atoms with van der Waals surface area (Å²) in [4.78, 5) is 2.32. The zero-order chi connectivity index (χ0) is 12.8. The number of benzene rings is 1. The minimum atomic E-state index is 0.216. The van der Waals surface area contributed by atoms with E-state index in [-0.39, 0.29) is 6.04 Å². The van der Waals surface area contributed by atoms with Gasteiger partial charge >= 0.3 is 0 Å². The summed E-state index contributed by atoms with van der Waals surface area (Å²) in [7, 11) is 1.62. The molecule has 0 aliphatic heterocycles. The van der Waals surface area contributed by atoms with Gasteiger partial charge in [-0.2, -0.15) is 0 Å². The minimum absolute atomic E-state index is 0.216. The highest BCUT2D eigenvalue weighted by Gasteiger charge is 2.17. The molecule has 0 heterocycles. The maximum absolute atomic E-state index is 6.14. The molecule has 0 aliphatic rings. The van der Waals surface area contributed by atoms with Crippen LogP contribution in [0.5, 0.6) is 5.75 Å². The van der Waals surface area contributed by atoms with Gasteiger partial charge in [0.25, 0.3) is 0 Å². The first kappa shape index (κ1) is 14.3. The van der Waals surface area contributed by atoms with E-state index in [1.807, 2.05) is 18.2 Å². The van der Waals surface area contributed by atoms with Gasteiger partial charge in [0.15, 0.2) is 0 Å². The first-order valence-electron chi connectivity index (χ1n) is 5.95. The normalized spacial score (nSPS) is 12.8.